The van der Waals surface area contributed by atoms with Crippen LogP contribution in [-0.2, 0) is 22.6 Å². The Labute approximate surface area is 160 Å². The molecule has 0 spiro atoms. The summed E-state index contributed by atoms with van der Waals surface area (Å²) in [7, 11) is 0. The minimum atomic E-state index is -0.548. The van der Waals surface area contributed by atoms with Crippen LogP contribution in [0, 0.1) is 0 Å². The van der Waals surface area contributed by atoms with E-state index in [2.05, 4.69) is 5.32 Å². The Morgan fingerprint density at radius 2 is 1.69 bits per heavy atom. The van der Waals surface area contributed by atoms with Crippen molar-refractivity contribution in [1.82, 2.24) is 10.2 Å². The van der Waals surface area contributed by atoms with Crippen molar-refractivity contribution in [3.8, 4) is 0 Å². The van der Waals surface area contributed by atoms with E-state index in [1.54, 1.807) is 24.0 Å². The molecule has 0 saturated carbocycles. The van der Waals surface area contributed by atoms with Crippen molar-refractivity contribution in [2.24, 2.45) is 0 Å². The molecule has 2 amide bonds. The summed E-state index contributed by atoms with van der Waals surface area (Å²) in [6.45, 7) is 4.73. The Hall–Kier alpha value is -2.33. The molecule has 0 radical (unpaired) electrons. The number of nitrogens with zero attached hydrogens (tertiary/aromatic N) is 1. The number of rotatable bonds is 8. The second-order valence-electron chi connectivity index (χ2n) is 6.28. The lowest BCUT2D eigenvalue weighted by atomic mass is 10.1. The molecule has 2 rings (SSSR count). The molecule has 1 atom stereocenters. The van der Waals surface area contributed by atoms with E-state index in [0.717, 1.165) is 17.5 Å². The van der Waals surface area contributed by atoms with Gasteiger partial charge in [-0.2, -0.15) is 0 Å². The van der Waals surface area contributed by atoms with E-state index in [0.29, 0.717) is 18.1 Å². The highest BCUT2D eigenvalue weighted by molar-refractivity contribution is 6.30. The van der Waals surface area contributed by atoms with Gasteiger partial charge in [-0.1, -0.05) is 61.0 Å². The number of amides is 2. The summed E-state index contributed by atoms with van der Waals surface area (Å²) < 4.78 is 0. The topological polar surface area (TPSA) is 49.4 Å². The van der Waals surface area contributed by atoms with Crippen molar-refractivity contribution in [3.63, 3.8) is 0 Å². The maximum absolute atomic E-state index is 12.9. The lowest BCUT2D eigenvalue weighted by Gasteiger charge is -2.29. The van der Waals surface area contributed by atoms with E-state index in [9.17, 15) is 9.59 Å². The van der Waals surface area contributed by atoms with Gasteiger partial charge < -0.3 is 10.2 Å². The molecule has 0 aliphatic carbocycles. The van der Waals surface area contributed by atoms with Gasteiger partial charge in [-0.05, 0) is 36.6 Å². The smallest absolute Gasteiger partial charge is 0.242 e. The van der Waals surface area contributed by atoms with Crippen molar-refractivity contribution < 1.29 is 9.59 Å². The summed E-state index contributed by atoms with van der Waals surface area (Å²) in [5.74, 6) is -0.215. The van der Waals surface area contributed by atoms with E-state index >= 15 is 0 Å². The zero-order chi connectivity index (χ0) is 18.9. The van der Waals surface area contributed by atoms with Crippen LogP contribution in [0.5, 0.6) is 0 Å². The normalized spacial score (nSPS) is 11.7. The SMILES string of the molecule is CCCNC(=O)[C@@H](C)N(Cc1ccc(Cl)cc1)C(=O)Cc1ccccc1. The Kier molecular flexibility index (Phi) is 7.67. The fourth-order valence-electron chi connectivity index (χ4n) is 2.64. The van der Waals surface area contributed by atoms with E-state index in [1.165, 1.54) is 0 Å². The lowest BCUT2D eigenvalue weighted by Crippen LogP contribution is -2.48. The third-order valence-electron chi connectivity index (χ3n) is 4.18. The van der Waals surface area contributed by atoms with Gasteiger partial charge in [0.25, 0.3) is 0 Å². The van der Waals surface area contributed by atoms with E-state index in [4.69, 9.17) is 11.6 Å². The molecule has 0 bridgehead atoms. The Bertz CT molecular complexity index is 717. The highest BCUT2D eigenvalue weighted by Crippen LogP contribution is 2.15. The van der Waals surface area contributed by atoms with E-state index < -0.39 is 6.04 Å². The van der Waals surface area contributed by atoms with E-state index in [1.807, 2.05) is 49.4 Å². The molecule has 1 N–H and O–H groups in total. The van der Waals surface area contributed by atoms with Gasteiger partial charge in [-0.25, -0.2) is 0 Å². The van der Waals surface area contributed by atoms with Gasteiger partial charge in [0, 0.05) is 18.1 Å². The van der Waals surface area contributed by atoms with Crippen LogP contribution in [0.25, 0.3) is 0 Å². The highest BCUT2D eigenvalue weighted by atomic mass is 35.5. The number of nitrogens with one attached hydrogen (secondary N) is 1. The van der Waals surface area contributed by atoms with Gasteiger partial charge in [-0.3, -0.25) is 9.59 Å². The fourth-order valence-corrected chi connectivity index (χ4v) is 2.76. The monoisotopic (exact) mass is 372 g/mol. The van der Waals surface area contributed by atoms with Gasteiger partial charge >= 0.3 is 0 Å². The summed E-state index contributed by atoms with van der Waals surface area (Å²) in [6.07, 6.45) is 1.12. The van der Waals surface area contributed by atoms with Gasteiger partial charge in [0.1, 0.15) is 6.04 Å². The number of halogens is 1. The molecule has 26 heavy (non-hydrogen) atoms. The molecule has 0 unspecified atom stereocenters. The fraction of sp³-hybridized carbons (Fsp3) is 0.333. The molecule has 0 fully saturated rings. The first-order valence-corrected chi connectivity index (χ1v) is 9.24. The first kappa shape index (κ1) is 20.0. The number of hydrogen-bond donors (Lipinski definition) is 1. The van der Waals surface area contributed by atoms with Crippen LogP contribution in [0.3, 0.4) is 0 Å². The van der Waals surface area contributed by atoms with E-state index in [-0.39, 0.29) is 18.2 Å². The molecule has 138 valence electrons. The van der Waals surface area contributed by atoms with Crippen molar-refractivity contribution in [2.45, 2.75) is 39.3 Å². The number of benzene rings is 2. The second-order valence-corrected chi connectivity index (χ2v) is 6.71. The Morgan fingerprint density at radius 1 is 1.04 bits per heavy atom. The van der Waals surface area contributed by atoms with Gasteiger partial charge in [-0.15, -0.1) is 0 Å². The average molecular weight is 373 g/mol. The first-order valence-electron chi connectivity index (χ1n) is 8.86. The third-order valence-corrected chi connectivity index (χ3v) is 4.43. The second kappa shape index (κ2) is 9.97. The van der Waals surface area contributed by atoms with Gasteiger partial charge in [0.2, 0.25) is 11.8 Å². The molecule has 0 aliphatic heterocycles. The zero-order valence-electron chi connectivity index (χ0n) is 15.2. The maximum atomic E-state index is 12.9. The predicted molar refractivity (Wildman–Crippen MR) is 105 cm³/mol. The molecular formula is C21H25ClN2O2. The molecule has 2 aromatic rings. The maximum Gasteiger partial charge on any atom is 0.242 e. The van der Waals surface area contributed by atoms with Gasteiger partial charge in [0.05, 0.1) is 6.42 Å². The van der Waals surface area contributed by atoms with Crippen molar-refractivity contribution in [2.75, 3.05) is 6.54 Å². The molecule has 4 nitrogen and oxygen atoms in total. The number of carbonyl (C=O) groups excluding carboxylic acids is 2. The van der Waals surface area contributed by atoms with Crippen LogP contribution in [0.2, 0.25) is 5.02 Å². The number of carbonyl (C=O) groups is 2. The summed E-state index contributed by atoms with van der Waals surface area (Å²) in [5, 5.41) is 3.52. The molecule has 0 saturated heterocycles. The molecule has 5 heteroatoms. The van der Waals surface area contributed by atoms with Gasteiger partial charge in [0.15, 0.2) is 0 Å². The minimum Gasteiger partial charge on any atom is -0.354 e. The summed E-state index contributed by atoms with van der Waals surface area (Å²) >= 11 is 5.94. The van der Waals surface area contributed by atoms with Crippen molar-refractivity contribution >= 4 is 23.4 Å². The molecular weight excluding hydrogens is 348 g/mol. The summed E-state index contributed by atoms with van der Waals surface area (Å²) in [4.78, 5) is 27.0. The third kappa shape index (κ3) is 5.88. The van der Waals surface area contributed by atoms with Crippen LogP contribution < -0.4 is 5.32 Å². The zero-order valence-corrected chi connectivity index (χ0v) is 16.0. The molecule has 2 aromatic carbocycles. The summed E-state index contributed by atoms with van der Waals surface area (Å²) in [6, 6.07) is 16.3. The highest BCUT2D eigenvalue weighted by Gasteiger charge is 2.25. The minimum absolute atomic E-state index is 0.0784. The molecule has 0 aliphatic rings. The Morgan fingerprint density at radius 3 is 2.31 bits per heavy atom. The lowest BCUT2D eigenvalue weighted by molar-refractivity contribution is -0.140. The Balaban J connectivity index is 2.17. The number of hydrogen-bond acceptors (Lipinski definition) is 2. The van der Waals surface area contributed by atoms with Crippen LogP contribution in [0.4, 0.5) is 0 Å². The first-order chi connectivity index (χ1) is 12.5. The van der Waals surface area contributed by atoms with Crippen molar-refractivity contribution in [1.29, 1.82) is 0 Å². The van der Waals surface area contributed by atoms with Crippen LogP contribution >= 0.6 is 11.6 Å². The van der Waals surface area contributed by atoms with Crippen molar-refractivity contribution in [3.05, 3.63) is 70.7 Å². The van der Waals surface area contributed by atoms with Crippen LogP contribution in [0.15, 0.2) is 54.6 Å². The summed E-state index contributed by atoms with van der Waals surface area (Å²) in [5.41, 5.74) is 1.87. The standard InChI is InChI=1S/C21H25ClN2O2/c1-3-13-23-21(26)16(2)24(15-18-9-11-19(22)12-10-18)20(25)14-17-7-5-4-6-8-17/h4-12,16H,3,13-15H2,1-2H3,(H,23,26)/t16-/m1/s1. The van der Waals surface area contributed by atoms with Crippen LogP contribution in [0.1, 0.15) is 31.4 Å². The average Bonchev–Trinajstić information content (AvgIpc) is 2.65. The quantitative estimate of drug-likeness (QED) is 0.765. The van der Waals surface area contributed by atoms with Crippen LogP contribution in [-0.4, -0.2) is 29.3 Å². The molecule has 0 heterocycles. The predicted octanol–water partition coefficient (Wildman–Crippen LogP) is 3.83. The largest absolute Gasteiger partial charge is 0.354 e. The molecule has 0 aromatic heterocycles.